The fourth-order valence-electron chi connectivity index (χ4n) is 3.00. The van der Waals surface area contributed by atoms with Crippen molar-refractivity contribution in [2.45, 2.75) is 45.6 Å². The maximum atomic E-state index is 10.0. The fraction of sp³-hybridized carbons (Fsp3) is 0.647. The second kappa shape index (κ2) is 6.98. The van der Waals surface area contributed by atoms with Gasteiger partial charge >= 0.3 is 0 Å². The summed E-state index contributed by atoms with van der Waals surface area (Å²) in [4.78, 5) is 0. The van der Waals surface area contributed by atoms with Crippen LogP contribution in [0.2, 0.25) is 0 Å². The Morgan fingerprint density at radius 2 is 2.00 bits per heavy atom. The molecule has 0 bridgehead atoms. The van der Waals surface area contributed by atoms with Crippen molar-refractivity contribution in [3.63, 3.8) is 0 Å². The third kappa shape index (κ3) is 3.89. The molecular weight excluding hydrogens is 250 g/mol. The molecule has 0 amide bonds. The summed E-state index contributed by atoms with van der Waals surface area (Å²) in [5, 5.41) is 13.6. The standard InChI is InChI=1S/C17H27NO2/c1-12-4-6-14(7-5-12)11-18-13(2)16-9-8-15(20-3)10-17(16)19/h8-10,12-14,18-19H,4-7,11H2,1-3H3. The van der Waals surface area contributed by atoms with Crippen molar-refractivity contribution in [1.82, 2.24) is 5.32 Å². The predicted molar refractivity (Wildman–Crippen MR) is 82.2 cm³/mol. The zero-order valence-electron chi connectivity index (χ0n) is 12.9. The van der Waals surface area contributed by atoms with Crippen LogP contribution in [0, 0.1) is 11.8 Å². The lowest BCUT2D eigenvalue weighted by Gasteiger charge is -2.27. The van der Waals surface area contributed by atoms with Crippen LogP contribution in [0.3, 0.4) is 0 Å². The molecule has 1 aromatic rings. The highest BCUT2D eigenvalue weighted by atomic mass is 16.5. The number of phenols is 1. The molecule has 1 aromatic carbocycles. The van der Waals surface area contributed by atoms with Crippen molar-refractivity contribution in [2.24, 2.45) is 11.8 Å². The fourth-order valence-corrected chi connectivity index (χ4v) is 3.00. The molecule has 1 aliphatic carbocycles. The van der Waals surface area contributed by atoms with Crippen molar-refractivity contribution in [3.8, 4) is 11.5 Å². The first-order valence-electron chi connectivity index (χ1n) is 7.70. The summed E-state index contributed by atoms with van der Waals surface area (Å²) in [7, 11) is 1.61. The quantitative estimate of drug-likeness (QED) is 0.858. The maximum absolute atomic E-state index is 10.0. The smallest absolute Gasteiger partial charge is 0.124 e. The summed E-state index contributed by atoms with van der Waals surface area (Å²) in [6.45, 7) is 5.49. The Morgan fingerprint density at radius 1 is 1.30 bits per heavy atom. The lowest BCUT2D eigenvalue weighted by atomic mass is 9.83. The van der Waals surface area contributed by atoms with Crippen molar-refractivity contribution in [2.75, 3.05) is 13.7 Å². The average Bonchev–Trinajstić information content (AvgIpc) is 2.46. The van der Waals surface area contributed by atoms with Crippen LogP contribution in [0.15, 0.2) is 18.2 Å². The van der Waals surface area contributed by atoms with Gasteiger partial charge in [-0.25, -0.2) is 0 Å². The van der Waals surface area contributed by atoms with E-state index in [0.29, 0.717) is 11.5 Å². The molecule has 1 aliphatic rings. The molecule has 20 heavy (non-hydrogen) atoms. The SMILES string of the molecule is COc1ccc(C(C)NCC2CCC(C)CC2)c(O)c1. The summed E-state index contributed by atoms with van der Waals surface area (Å²) in [6, 6.07) is 5.68. The maximum Gasteiger partial charge on any atom is 0.124 e. The van der Waals surface area contributed by atoms with E-state index in [1.54, 1.807) is 13.2 Å². The molecule has 0 spiro atoms. The third-order valence-corrected chi connectivity index (χ3v) is 4.55. The van der Waals surface area contributed by atoms with E-state index in [1.807, 2.05) is 12.1 Å². The largest absolute Gasteiger partial charge is 0.507 e. The van der Waals surface area contributed by atoms with Gasteiger partial charge in [0.1, 0.15) is 11.5 Å². The number of methoxy groups -OCH3 is 1. The Labute approximate surface area is 122 Å². The summed E-state index contributed by atoms with van der Waals surface area (Å²) in [6.07, 6.45) is 5.37. The molecule has 0 aliphatic heterocycles. The Bertz CT molecular complexity index is 425. The first-order valence-corrected chi connectivity index (χ1v) is 7.70. The first kappa shape index (κ1) is 15.2. The highest BCUT2D eigenvalue weighted by molar-refractivity contribution is 5.41. The number of nitrogens with one attached hydrogen (secondary N) is 1. The first-order chi connectivity index (χ1) is 9.60. The second-order valence-electron chi connectivity index (χ2n) is 6.18. The van der Waals surface area contributed by atoms with Gasteiger partial charge in [-0.15, -0.1) is 0 Å². The highest BCUT2D eigenvalue weighted by Gasteiger charge is 2.19. The van der Waals surface area contributed by atoms with Crippen LogP contribution < -0.4 is 10.1 Å². The summed E-state index contributed by atoms with van der Waals surface area (Å²) < 4.78 is 5.11. The van der Waals surface area contributed by atoms with Crippen LogP contribution in [0.1, 0.15) is 51.1 Å². The number of ether oxygens (including phenoxy) is 1. The van der Waals surface area contributed by atoms with Gasteiger partial charge in [0, 0.05) is 17.7 Å². The minimum absolute atomic E-state index is 0.167. The molecule has 3 nitrogen and oxygen atoms in total. The molecule has 0 aromatic heterocycles. The van der Waals surface area contributed by atoms with Crippen LogP contribution in [0.4, 0.5) is 0 Å². The predicted octanol–water partition coefficient (Wildman–Crippen LogP) is 3.88. The molecule has 2 rings (SSSR count). The molecular formula is C17H27NO2. The number of hydrogen-bond donors (Lipinski definition) is 2. The number of phenolic OH excluding ortho intramolecular Hbond substituents is 1. The van der Waals surface area contributed by atoms with Crippen molar-refractivity contribution >= 4 is 0 Å². The van der Waals surface area contributed by atoms with E-state index >= 15 is 0 Å². The molecule has 0 heterocycles. The molecule has 1 saturated carbocycles. The number of hydrogen-bond acceptors (Lipinski definition) is 3. The summed E-state index contributed by atoms with van der Waals surface area (Å²) in [5.74, 6) is 2.68. The van der Waals surface area contributed by atoms with Crippen LogP contribution in [-0.2, 0) is 0 Å². The molecule has 1 fully saturated rings. The molecule has 1 atom stereocenters. The van der Waals surface area contributed by atoms with E-state index in [0.717, 1.165) is 23.9 Å². The number of rotatable bonds is 5. The van der Waals surface area contributed by atoms with Gasteiger partial charge < -0.3 is 15.2 Å². The van der Waals surface area contributed by atoms with Gasteiger partial charge in [-0.1, -0.05) is 25.8 Å². The number of aromatic hydroxyl groups is 1. The second-order valence-corrected chi connectivity index (χ2v) is 6.18. The molecule has 2 N–H and O–H groups in total. The topological polar surface area (TPSA) is 41.5 Å². The van der Waals surface area contributed by atoms with Crippen molar-refractivity contribution < 1.29 is 9.84 Å². The van der Waals surface area contributed by atoms with E-state index in [1.165, 1.54) is 25.7 Å². The Kier molecular flexibility index (Phi) is 5.30. The van der Waals surface area contributed by atoms with Crippen LogP contribution in [-0.4, -0.2) is 18.8 Å². The van der Waals surface area contributed by atoms with Gasteiger partial charge in [0.05, 0.1) is 7.11 Å². The number of benzene rings is 1. The normalized spacial score (nSPS) is 24.4. The third-order valence-electron chi connectivity index (χ3n) is 4.55. The van der Waals surface area contributed by atoms with E-state index in [9.17, 15) is 5.11 Å². The summed E-state index contributed by atoms with van der Waals surface area (Å²) in [5.41, 5.74) is 0.940. The van der Waals surface area contributed by atoms with E-state index in [4.69, 9.17) is 4.74 Å². The molecule has 1 unspecified atom stereocenters. The van der Waals surface area contributed by atoms with Gasteiger partial charge in [-0.2, -0.15) is 0 Å². The van der Waals surface area contributed by atoms with Gasteiger partial charge in [0.15, 0.2) is 0 Å². The Morgan fingerprint density at radius 3 is 2.60 bits per heavy atom. The monoisotopic (exact) mass is 277 g/mol. The van der Waals surface area contributed by atoms with Crippen LogP contribution >= 0.6 is 0 Å². The molecule has 112 valence electrons. The van der Waals surface area contributed by atoms with Crippen molar-refractivity contribution in [3.05, 3.63) is 23.8 Å². The zero-order valence-corrected chi connectivity index (χ0v) is 12.9. The summed E-state index contributed by atoms with van der Waals surface area (Å²) >= 11 is 0. The lowest BCUT2D eigenvalue weighted by Crippen LogP contribution is -2.28. The lowest BCUT2D eigenvalue weighted by molar-refractivity contribution is 0.275. The zero-order chi connectivity index (χ0) is 14.5. The highest BCUT2D eigenvalue weighted by Crippen LogP contribution is 2.30. The van der Waals surface area contributed by atoms with Crippen molar-refractivity contribution in [1.29, 1.82) is 0 Å². The van der Waals surface area contributed by atoms with Crippen LogP contribution in [0.25, 0.3) is 0 Å². The Hall–Kier alpha value is -1.22. The minimum Gasteiger partial charge on any atom is -0.507 e. The molecule has 0 saturated heterocycles. The van der Waals surface area contributed by atoms with Gasteiger partial charge in [0.25, 0.3) is 0 Å². The van der Waals surface area contributed by atoms with E-state index in [2.05, 4.69) is 19.2 Å². The van der Waals surface area contributed by atoms with E-state index < -0.39 is 0 Å². The minimum atomic E-state index is 0.167. The van der Waals surface area contributed by atoms with Gasteiger partial charge in [0.2, 0.25) is 0 Å². The Balaban J connectivity index is 1.87. The van der Waals surface area contributed by atoms with Crippen LogP contribution in [0.5, 0.6) is 11.5 Å². The van der Waals surface area contributed by atoms with Gasteiger partial charge in [-0.3, -0.25) is 0 Å². The average molecular weight is 277 g/mol. The van der Waals surface area contributed by atoms with E-state index in [-0.39, 0.29) is 6.04 Å². The molecule has 3 heteroatoms. The molecule has 0 radical (unpaired) electrons. The van der Waals surface area contributed by atoms with Gasteiger partial charge in [-0.05, 0) is 44.2 Å².